The summed E-state index contributed by atoms with van der Waals surface area (Å²) in [5, 5.41) is 3.01. The highest BCUT2D eigenvalue weighted by Gasteiger charge is 2.19. The molecule has 0 saturated heterocycles. The molecule has 3 aromatic carbocycles. The van der Waals surface area contributed by atoms with Crippen molar-refractivity contribution >= 4 is 16.9 Å². The summed E-state index contributed by atoms with van der Waals surface area (Å²) in [6.45, 7) is 7.32. The quantitative estimate of drug-likeness (QED) is 0.342. The number of ether oxygens (including phenoxy) is 2. The Bertz CT molecular complexity index is 1230. The Kier molecular flexibility index (Phi) is 7.48. The van der Waals surface area contributed by atoms with Gasteiger partial charge in [0, 0.05) is 0 Å². The molecule has 1 unspecified atom stereocenters. The van der Waals surface area contributed by atoms with Crippen LogP contribution in [0.2, 0.25) is 0 Å². The van der Waals surface area contributed by atoms with Gasteiger partial charge in [-0.25, -0.2) is 4.98 Å². The van der Waals surface area contributed by atoms with Crippen molar-refractivity contribution in [3.05, 3.63) is 90.3 Å². The van der Waals surface area contributed by atoms with Crippen molar-refractivity contribution in [2.24, 2.45) is 0 Å². The van der Waals surface area contributed by atoms with E-state index < -0.39 is 0 Å². The molecule has 1 aromatic heterocycles. The lowest BCUT2D eigenvalue weighted by atomic mass is 10.0. The lowest BCUT2D eigenvalue weighted by Gasteiger charge is -2.18. The largest absolute Gasteiger partial charge is 0.491 e. The van der Waals surface area contributed by atoms with Gasteiger partial charge in [0.05, 0.1) is 23.6 Å². The summed E-state index contributed by atoms with van der Waals surface area (Å²) in [4.78, 5) is 17.3. The lowest BCUT2D eigenvalue weighted by molar-refractivity contribution is -0.123. The van der Waals surface area contributed by atoms with E-state index in [2.05, 4.69) is 29.8 Å². The maximum Gasteiger partial charge on any atom is 0.258 e. The Hall–Kier alpha value is -3.80. The smallest absolute Gasteiger partial charge is 0.258 e. The minimum atomic E-state index is -0.290. The third kappa shape index (κ3) is 5.57. The molecule has 0 bridgehead atoms. The molecule has 6 heteroatoms. The number of benzene rings is 3. The first-order chi connectivity index (χ1) is 16.5. The molecule has 1 heterocycles. The Morgan fingerprint density at radius 3 is 2.41 bits per heavy atom. The van der Waals surface area contributed by atoms with Gasteiger partial charge in [0.15, 0.2) is 6.61 Å². The summed E-state index contributed by atoms with van der Waals surface area (Å²) in [7, 11) is 0. The Morgan fingerprint density at radius 2 is 1.62 bits per heavy atom. The molecule has 1 amide bonds. The summed E-state index contributed by atoms with van der Waals surface area (Å²) < 4.78 is 13.9. The number of amides is 1. The van der Waals surface area contributed by atoms with E-state index in [9.17, 15) is 4.79 Å². The van der Waals surface area contributed by atoms with Gasteiger partial charge in [-0.3, -0.25) is 4.79 Å². The van der Waals surface area contributed by atoms with E-state index in [0.717, 1.165) is 22.6 Å². The van der Waals surface area contributed by atoms with E-state index in [0.29, 0.717) is 24.8 Å². The molecule has 0 aliphatic heterocycles. The number of fused-ring (bicyclic) bond motifs is 1. The lowest BCUT2D eigenvalue weighted by Crippen LogP contribution is -2.33. The summed E-state index contributed by atoms with van der Waals surface area (Å²) in [5.74, 6) is 2.54. The highest BCUT2D eigenvalue weighted by molar-refractivity contribution is 5.79. The van der Waals surface area contributed by atoms with E-state index in [1.54, 1.807) is 0 Å². The minimum Gasteiger partial charge on any atom is -0.491 e. The molecule has 0 saturated carbocycles. The second-order valence-corrected chi connectivity index (χ2v) is 8.54. The molecule has 1 atom stereocenters. The number of rotatable bonds is 10. The van der Waals surface area contributed by atoms with Crippen LogP contribution in [-0.2, 0) is 11.3 Å². The summed E-state index contributed by atoms with van der Waals surface area (Å²) in [6, 6.07) is 25.2. The van der Waals surface area contributed by atoms with Crippen LogP contribution in [0, 0.1) is 0 Å². The number of nitrogens with zero attached hydrogens (tertiary/aromatic N) is 2. The fourth-order valence-electron chi connectivity index (χ4n) is 4.01. The molecule has 6 nitrogen and oxygen atoms in total. The Labute approximate surface area is 200 Å². The zero-order valence-electron chi connectivity index (χ0n) is 19.9. The topological polar surface area (TPSA) is 65.4 Å². The van der Waals surface area contributed by atoms with Crippen LogP contribution in [0.5, 0.6) is 11.5 Å². The number of nitrogens with one attached hydrogen (secondary N) is 1. The highest BCUT2D eigenvalue weighted by Crippen LogP contribution is 2.26. The molecular formula is C28H31N3O3. The van der Waals surface area contributed by atoms with Gasteiger partial charge in [0.25, 0.3) is 5.91 Å². The predicted octanol–water partition coefficient (Wildman–Crippen LogP) is 5.49. The third-order valence-electron chi connectivity index (χ3n) is 5.68. The van der Waals surface area contributed by atoms with Crippen LogP contribution < -0.4 is 14.8 Å². The zero-order chi connectivity index (χ0) is 23.9. The molecule has 34 heavy (non-hydrogen) atoms. The standard InChI is InChI=1S/C28H31N3O3/c1-20(2)23-13-7-10-16-26(23)33-18-17-31-25-15-9-8-14-24(25)30-28(31)21(3)29-27(32)19-34-22-11-5-4-6-12-22/h4-16,20-21H,17-19H2,1-3H3,(H,29,32). The van der Waals surface area contributed by atoms with Crippen LogP contribution in [0.3, 0.4) is 0 Å². The molecule has 0 fully saturated rings. The number of hydrogen-bond acceptors (Lipinski definition) is 4. The van der Waals surface area contributed by atoms with Crippen molar-refractivity contribution < 1.29 is 14.3 Å². The fraction of sp³-hybridized carbons (Fsp3) is 0.286. The second kappa shape index (κ2) is 10.9. The monoisotopic (exact) mass is 457 g/mol. The maximum atomic E-state index is 12.5. The molecule has 1 N–H and O–H groups in total. The molecule has 4 aromatic rings. The number of aromatic nitrogens is 2. The van der Waals surface area contributed by atoms with Gasteiger partial charge in [-0.1, -0.05) is 62.4 Å². The molecule has 176 valence electrons. The van der Waals surface area contributed by atoms with E-state index in [-0.39, 0.29) is 18.6 Å². The van der Waals surface area contributed by atoms with Crippen LogP contribution >= 0.6 is 0 Å². The van der Waals surface area contributed by atoms with Gasteiger partial charge >= 0.3 is 0 Å². The van der Waals surface area contributed by atoms with Gasteiger partial charge in [-0.05, 0) is 48.7 Å². The van der Waals surface area contributed by atoms with Crippen molar-refractivity contribution in [2.45, 2.75) is 39.3 Å². The third-order valence-corrected chi connectivity index (χ3v) is 5.68. The van der Waals surface area contributed by atoms with Crippen molar-refractivity contribution in [1.82, 2.24) is 14.9 Å². The van der Waals surface area contributed by atoms with Crippen molar-refractivity contribution in [1.29, 1.82) is 0 Å². The Balaban J connectivity index is 1.46. The first-order valence-electron chi connectivity index (χ1n) is 11.7. The molecule has 0 radical (unpaired) electrons. The van der Waals surface area contributed by atoms with E-state index in [4.69, 9.17) is 14.5 Å². The zero-order valence-corrected chi connectivity index (χ0v) is 19.9. The summed E-state index contributed by atoms with van der Waals surface area (Å²) >= 11 is 0. The minimum absolute atomic E-state index is 0.0519. The van der Waals surface area contributed by atoms with E-state index in [1.165, 1.54) is 5.56 Å². The average molecular weight is 458 g/mol. The number of hydrogen-bond donors (Lipinski definition) is 1. The van der Waals surface area contributed by atoms with Gasteiger partial charge in [0.2, 0.25) is 0 Å². The number of imidazole rings is 1. The first kappa shape index (κ1) is 23.4. The van der Waals surface area contributed by atoms with Crippen LogP contribution in [0.15, 0.2) is 78.9 Å². The molecule has 0 aliphatic rings. The van der Waals surface area contributed by atoms with Gasteiger partial charge < -0.3 is 19.4 Å². The maximum absolute atomic E-state index is 12.5. The van der Waals surface area contributed by atoms with E-state index >= 15 is 0 Å². The van der Waals surface area contributed by atoms with Crippen molar-refractivity contribution in [3.63, 3.8) is 0 Å². The van der Waals surface area contributed by atoms with Gasteiger partial charge in [0.1, 0.15) is 23.9 Å². The molecule has 4 rings (SSSR count). The highest BCUT2D eigenvalue weighted by atomic mass is 16.5. The van der Waals surface area contributed by atoms with Crippen molar-refractivity contribution in [3.8, 4) is 11.5 Å². The van der Waals surface area contributed by atoms with Gasteiger partial charge in [-0.2, -0.15) is 0 Å². The number of carbonyl (C=O) groups is 1. The SMILES string of the molecule is CC(C)c1ccccc1OCCn1c(C(C)NC(=O)COc2ccccc2)nc2ccccc21. The molecule has 0 aliphatic carbocycles. The van der Waals surface area contributed by atoms with Crippen molar-refractivity contribution in [2.75, 3.05) is 13.2 Å². The first-order valence-corrected chi connectivity index (χ1v) is 11.7. The Morgan fingerprint density at radius 1 is 0.912 bits per heavy atom. The van der Waals surface area contributed by atoms with Gasteiger partial charge in [-0.15, -0.1) is 0 Å². The average Bonchev–Trinajstić information content (AvgIpc) is 3.22. The summed E-state index contributed by atoms with van der Waals surface area (Å²) in [5.41, 5.74) is 3.10. The van der Waals surface area contributed by atoms with Crippen LogP contribution in [0.25, 0.3) is 11.0 Å². The second-order valence-electron chi connectivity index (χ2n) is 8.54. The predicted molar refractivity (Wildman–Crippen MR) is 134 cm³/mol. The van der Waals surface area contributed by atoms with Crippen LogP contribution in [0.1, 0.15) is 44.1 Å². The van der Waals surface area contributed by atoms with E-state index in [1.807, 2.05) is 79.7 Å². The van der Waals surface area contributed by atoms with Crippen LogP contribution in [-0.4, -0.2) is 28.7 Å². The molecular weight excluding hydrogens is 426 g/mol. The molecule has 0 spiro atoms. The van der Waals surface area contributed by atoms with Crippen LogP contribution in [0.4, 0.5) is 0 Å². The number of carbonyl (C=O) groups excluding carboxylic acids is 1. The normalized spacial score (nSPS) is 12.0. The fourth-order valence-corrected chi connectivity index (χ4v) is 4.01. The number of para-hydroxylation sites is 4. The summed E-state index contributed by atoms with van der Waals surface area (Å²) in [6.07, 6.45) is 0.